The maximum atomic E-state index is 11.4. The van der Waals surface area contributed by atoms with Crippen molar-refractivity contribution in [2.75, 3.05) is 19.8 Å². The Bertz CT molecular complexity index is 254. The second-order valence-corrected chi connectivity index (χ2v) is 7.11. The zero-order chi connectivity index (χ0) is 14.0. The molecule has 0 aliphatic carbocycles. The Morgan fingerprint density at radius 3 is 1.72 bits per heavy atom. The second kappa shape index (κ2) is 9.74. The third-order valence-corrected chi connectivity index (χ3v) is 6.26. The predicted octanol–water partition coefficient (Wildman–Crippen LogP) is 2.70. The SMILES string of the molecule is CCO[Si](OCC)(OCC)C(=S)CCC(=O)CC. The fourth-order valence-electron chi connectivity index (χ4n) is 1.52. The molecule has 0 saturated heterocycles. The number of carbonyl (C=O) groups excluding carboxylic acids is 1. The van der Waals surface area contributed by atoms with Gasteiger partial charge in [0, 0.05) is 32.7 Å². The van der Waals surface area contributed by atoms with Crippen LogP contribution in [-0.2, 0) is 18.1 Å². The molecular weight excluding hydrogens is 268 g/mol. The smallest absolute Gasteiger partial charge is 0.370 e. The first-order valence-corrected chi connectivity index (χ1v) is 8.66. The van der Waals surface area contributed by atoms with Crippen LogP contribution >= 0.6 is 12.2 Å². The fourth-order valence-corrected chi connectivity index (χ4v) is 4.46. The van der Waals surface area contributed by atoms with Crippen molar-refractivity contribution in [2.45, 2.75) is 47.0 Å². The summed E-state index contributed by atoms with van der Waals surface area (Å²) >= 11 is 5.38. The molecule has 0 aromatic rings. The number of hydrogen-bond acceptors (Lipinski definition) is 5. The Morgan fingerprint density at radius 1 is 0.944 bits per heavy atom. The molecule has 0 saturated carbocycles. The van der Waals surface area contributed by atoms with E-state index in [2.05, 4.69) is 0 Å². The molecule has 0 unspecified atom stereocenters. The molecule has 0 aliphatic rings. The van der Waals surface area contributed by atoms with Crippen LogP contribution in [0.3, 0.4) is 0 Å². The lowest BCUT2D eigenvalue weighted by Gasteiger charge is -2.28. The topological polar surface area (TPSA) is 44.8 Å². The average Bonchev–Trinajstić information content (AvgIpc) is 2.36. The van der Waals surface area contributed by atoms with E-state index in [0.717, 1.165) is 0 Å². The van der Waals surface area contributed by atoms with Crippen molar-refractivity contribution in [3.63, 3.8) is 0 Å². The Kier molecular flexibility index (Phi) is 9.67. The molecule has 0 aromatic carbocycles. The van der Waals surface area contributed by atoms with Gasteiger partial charge in [-0.1, -0.05) is 19.1 Å². The van der Waals surface area contributed by atoms with Crippen LogP contribution in [0.5, 0.6) is 0 Å². The molecule has 0 bridgehead atoms. The van der Waals surface area contributed by atoms with Gasteiger partial charge in [-0.05, 0) is 27.2 Å². The van der Waals surface area contributed by atoms with Crippen molar-refractivity contribution in [2.24, 2.45) is 0 Å². The first-order chi connectivity index (χ1) is 8.56. The molecule has 0 amide bonds. The van der Waals surface area contributed by atoms with Gasteiger partial charge < -0.3 is 13.3 Å². The van der Waals surface area contributed by atoms with Crippen LogP contribution in [0.4, 0.5) is 0 Å². The Labute approximate surface area is 116 Å². The summed E-state index contributed by atoms with van der Waals surface area (Å²) in [5, 5.41) is 0. The Balaban J connectivity index is 4.69. The number of rotatable bonds is 11. The first-order valence-electron chi connectivity index (χ1n) is 6.53. The molecule has 18 heavy (non-hydrogen) atoms. The van der Waals surface area contributed by atoms with Crippen molar-refractivity contribution < 1.29 is 18.1 Å². The zero-order valence-electron chi connectivity index (χ0n) is 11.8. The molecule has 0 aromatic heterocycles. The van der Waals surface area contributed by atoms with Gasteiger partial charge in [-0.2, -0.15) is 0 Å². The summed E-state index contributed by atoms with van der Waals surface area (Å²) in [5.41, 5.74) is 0. The lowest BCUT2D eigenvalue weighted by atomic mass is 10.2. The lowest BCUT2D eigenvalue weighted by molar-refractivity contribution is -0.118. The van der Waals surface area contributed by atoms with E-state index in [1.165, 1.54) is 0 Å². The minimum Gasteiger partial charge on any atom is -0.370 e. The van der Waals surface area contributed by atoms with Gasteiger partial charge in [-0.3, -0.25) is 4.79 Å². The summed E-state index contributed by atoms with van der Waals surface area (Å²) in [6, 6.07) is 0. The molecule has 4 nitrogen and oxygen atoms in total. The van der Waals surface area contributed by atoms with Crippen LogP contribution in [-0.4, -0.2) is 38.9 Å². The molecule has 6 heteroatoms. The van der Waals surface area contributed by atoms with Gasteiger partial charge in [0.25, 0.3) is 0 Å². The molecule has 0 spiro atoms. The molecule has 0 N–H and O–H groups in total. The normalized spacial score (nSPS) is 11.6. The molecule has 0 fully saturated rings. The minimum absolute atomic E-state index is 0.199. The monoisotopic (exact) mass is 292 g/mol. The summed E-state index contributed by atoms with van der Waals surface area (Å²) < 4.78 is 17.7. The largest absolute Gasteiger partial charge is 0.544 e. The summed E-state index contributed by atoms with van der Waals surface area (Å²) in [5.74, 6) is 0.199. The van der Waals surface area contributed by atoms with E-state index in [-0.39, 0.29) is 5.78 Å². The molecule has 0 rings (SSSR count). The van der Waals surface area contributed by atoms with E-state index in [9.17, 15) is 4.79 Å². The van der Waals surface area contributed by atoms with Crippen LogP contribution < -0.4 is 0 Å². The second-order valence-electron chi connectivity index (χ2n) is 3.67. The highest BCUT2D eigenvalue weighted by Crippen LogP contribution is 2.16. The molecule has 0 aliphatic heterocycles. The van der Waals surface area contributed by atoms with E-state index < -0.39 is 8.80 Å². The summed E-state index contributed by atoms with van der Waals surface area (Å²) in [7, 11) is -2.90. The van der Waals surface area contributed by atoms with E-state index in [1.54, 1.807) is 0 Å². The lowest BCUT2D eigenvalue weighted by Crippen LogP contribution is -2.53. The molecule has 0 heterocycles. The van der Waals surface area contributed by atoms with E-state index in [1.807, 2.05) is 27.7 Å². The van der Waals surface area contributed by atoms with Crippen LogP contribution in [0.1, 0.15) is 47.0 Å². The standard InChI is InChI=1S/C12H24O4SSi/c1-5-11(13)9-10-12(17)18(14-6-2,15-7-3)16-8-4/h5-10H2,1-4H3. The van der Waals surface area contributed by atoms with Gasteiger partial charge in [0.2, 0.25) is 0 Å². The number of hydrogen-bond donors (Lipinski definition) is 0. The average molecular weight is 292 g/mol. The molecular formula is C12H24O4SSi. The van der Waals surface area contributed by atoms with E-state index in [0.29, 0.717) is 43.6 Å². The number of thiocarbonyl (C=S) groups is 1. The van der Waals surface area contributed by atoms with Crippen molar-refractivity contribution in [3.05, 3.63) is 0 Å². The zero-order valence-corrected chi connectivity index (χ0v) is 13.6. The van der Waals surface area contributed by atoms with Gasteiger partial charge in [0.1, 0.15) is 5.78 Å². The molecule has 0 radical (unpaired) electrons. The predicted molar refractivity (Wildman–Crippen MR) is 77.8 cm³/mol. The van der Waals surface area contributed by atoms with Gasteiger partial charge >= 0.3 is 8.80 Å². The summed E-state index contributed by atoms with van der Waals surface area (Å²) in [4.78, 5) is 11.4. The van der Waals surface area contributed by atoms with Crippen molar-refractivity contribution in [3.8, 4) is 0 Å². The van der Waals surface area contributed by atoms with Crippen molar-refractivity contribution in [1.29, 1.82) is 0 Å². The van der Waals surface area contributed by atoms with E-state index in [4.69, 9.17) is 25.5 Å². The van der Waals surface area contributed by atoms with Crippen LogP contribution in [0.25, 0.3) is 0 Å². The quantitative estimate of drug-likeness (QED) is 0.433. The number of Topliss-reactive ketones (excluding diaryl/α,β-unsaturated/α-hetero) is 1. The highest BCUT2D eigenvalue weighted by Gasteiger charge is 2.45. The highest BCUT2D eigenvalue weighted by molar-refractivity contribution is 7.84. The van der Waals surface area contributed by atoms with Gasteiger partial charge in [-0.25, -0.2) is 0 Å². The maximum Gasteiger partial charge on any atom is 0.544 e. The third kappa shape index (κ3) is 5.66. The Morgan fingerprint density at radius 2 is 1.39 bits per heavy atom. The Hall–Kier alpha value is -0.143. The van der Waals surface area contributed by atoms with Crippen LogP contribution in [0.2, 0.25) is 0 Å². The minimum atomic E-state index is -2.90. The van der Waals surface area contributed by atoms with Gasteiger partial charge in [0.05, 0.1) is 4.49 Å². The van der Waals surface area contributed by atoms with Crippen molar-refractivity contribution in [1.82, 2.24) is 0 Å². The highest BCUT2D eigenvalue weighted by atomic mass is 32.1. The fraction of sp³-hybridized carbons (Fsp3) is 0.833. The maximum absolute atomic E-state index is 11.4. The first kappa shape index (κ1) is 17.9. The molecule has 0 atom stereocenters. The number of carbonyl (C=O) groups is 1. The third-order valence-electron chi connectivity index (χ3n) is 2.37. The van der Waals surface area contributed by atoms with Gasteiger partial charge in [-0.15, -0.1) is 0 Å². The van der Waals surface area contributed by atoms with Crippen LogP contribution in [0.15, 0.2) is 0 Å². The van der Waals surface area contributed by atoms with Gasteiger partial charge in [0.15, 0.2) is 0 Å². The summed E-state index contributed by atoms with van der Waals surface area (Å²) in [6.07, 6.45) is 1.49. The van der Waals surface area contributed by atoms with Crippen LogP contribution in [0, 0.1) is 0 Å². The van der Waals surface area contributed by atoms with E-state index >= 15 is 0 Å². The molecule has 106 valence electrons. The number of ketones is 1. The summed E-state index contributed by atoms with van der Waals surface area (Å²) in [6.45, 7) is 9.00. The van der Waals surface area contributed by atoms with Crippen molar-refractivity contribution >= 4 is 31.3 Å².